The molecule has 4 aromatic rings. The Bertz CT molecular complexity index is 1260. The molecule has 1 saturated heterocycles. The van der Waals surface area contributed by atoms with Gasteiger partial charge in [0.2, 0.25) is 6.29 Å². The predicted molar refractivity (Wildman–Crippen MR) is 126 cm³/mol. The number of imidazole rings is 1. The van der Waals surface area contributed by atoms with Gasteiger partial charge in [-0.15, -0.1) is 0 Å². The van der Waals surface area contributed by atoms with Crippen LogP contribution in [0.1, 0.15) is 43.3 Å². The highest BCUT2D eigenvalue weighted by Crippen LogP contribution is 2.36. The Morgan fingerprint density at radius 2 is 1.71 bits per heavy atom. The number of pyridine rings is 2. The van der Waals surface area contributed by atoms with E-state index >= 15 is 0 Å². The number of hydrogen-bond donors (Lipinski definition) is 2. The third-order valence-corrected chi connectivity index (χ3v) is 5.77. The molecule has 0 amide bonds. The normalized spacial score (nSPS) is 16.9. The number of benzene rings is 1. The van der Waals surface area contributed by atoms with E-state index in [0.717, 1.165) is 22.4 Å². The van der Waals surface area contributed by atoms with Gasteiger partial charge in [-0.05, 0) is 54.1 Å². The summed E-state index contributed by atoms with van der Waals surface area (Å²) in [4.78, 5) is 16.7. The van der Waals surface area contributed by atoms with Gasteiger partial charge >= 0.3 is 0 Å². The number of H-pyrrole nitrogens is 1. The highest BCUT2D eigenvalue weighted by Gasteiger charge is 2.32. The zero-order chi connectivity index (χ0) is 23.7. The molecule has 3 N–H and O–H groups in total. The summed E-state index contributed by atoms with van der Waals surface area (Å²) in [5, 5.41) is 0. The van der Waals surface area contributed by atoms with E-state index in [1.54, 1.807) is 30.7 Å². The summed E-state index contributed by atoms with van der Waals surface area (Å²) in [6.07, 6.45) is 4.51. The molecule has 1 aliphatic heterocycles. The van der Waals surface area contributed by atoms with Gasteiger partial charge in [-0.25, -0.2) is 9.37 Å². The molecule has 1 unspecified atom stereocenters. The second-order valence-corrected chi connectivity index (χ2v) is 9.20. The van der Waals surface area contributed by atoms with Gasteiger partial charge < -0.3 is 20.2 Å². The standard InChI is InChI=1S/C26H26FN5O2/c1-26(2)14-33-25(34-15-26)24-31-22(17-3-5-19(27)6-4-17)23(32-24)18-9-12-30-20(13-18)21(28)16-7-10-29-11-8-16/h3-13,21,25H,14-15,28H2,1-2H3,(H,31,32). The molecular weight excluding hydrogens is 433 g/mol. The van der Waals surface area contributed by atoms with Crippen molar-refractivity contribution in [1.29, 1.82) is 0 Å². The number of nitrogens with two attached hydrogens (primary N) is 1. The molecule has 1 aliphatic rings. The molecule has 0 bridgehead atoms. The van der Waals surface area contributed by atoms with Crippen molar-refractivity contribution in [1.82, 2.24) is 19.9 Å². The molecule has 34 heavy (non-hydrogen) atoms. The van der Waals surface area contributed by atoms with Gasteiger partial charge in [-0.2, -0.15) is 0 Å². The molecule has 174 valence electrons. The highest BCUT2D eigenvalue weighted by molar-refractivity contribution is 5.78. The zero-order valence-corrected chi connectivity index (χ0v) is 19.0. The SMILES string of the molecule is CC1(C)COC(c2nc(-c3ccnc(C(N)c4ccncc4)c3)c(-c3ccc(F)cc3)[nH]2)OC1. The van der Waals surface area contributed by atoms with Crippen LogP contribution >= 0.6 is 0 Å². The fourth-order valence-corrected chi connectivity index (χ4v) is 3.89. The topological polar surface area (TPSA) is 98.9 Å². The Morgan fingerprint density at radius 1 is 1.00 bits per heavy atom. The summed E-state index contributed by atoms with van der Waals surface area (Å²) >= 11 is 0. The number of ether oxygens (including phenoxy) is 2. The van der Waals surface area contributed by atoms with Gasteiger partial charge in [0.05, 0.1) is 36.3 Å². The molecule has 0 aliphatic carbocycles. The Hall–Kier alpha value is -3.46. The van der Waals surface area contributed by atoms with E-state index < -0.39 is 12.3 Å². The third-order valence-electron chi connectivity index (χ3n) is 5.77. The molecule has 0 radical (unpaired) electrons. The lowest BCUT2D eigenvalue weighted by Gasteiger charge is -2.33. The lowest BCUT2D eigenvalue weighted by molar-refractivity contribution is -0.229. The summed E-state index contributed by atoms with van der Waals surface area (Å²) in [7, 11) is 0. The number of nitrogens with one attached hydrogen (secondary N) is 1. The average Bonchev–Trinajstić information content (AvgIpc) is 3.30. The lowest BCUT2D eigenvalue weighted by Crippen LogP contribution is -2.34. The van der Waals surface area contributed by atoms with Crippen LogP contribution in [0.4, 0.5) is 4.39 Å². The number of nitrogens with zero attached hydrogens (tertiary/aromatic N) is 3. The first-order chi connectivity index (χ1) is 16.4. The Kier molecular flexibility index (Phi) is 5.95. The molecule has 0 saturated carbocycles. The van der Waals surface area contributed by atoms with Crippen LogP contribution < -0.4 is 5.73 Å². The van der Waals surface area contributed by atoms with Crippen molar-refractivity contribution in [3.63, 3.8) is 0 Å². The summed E-state index contributed by atoms with van der Waals surface area (Å²) in [5.41, 5.74) is 11.1. The van der Waals surface area contributed by atoms with Crippen molar-refractivity contribution in [3.8, 4) is 22.5 Å². The van der Waals surface area contributed by atoms with Crippen molar-refractivity contribution in [2.75, 3.05) is 13.2 Å². The van der Waals surface area contributed by atoms with Crippen LogP contribution in [0.5, 0.6) is 0 Å². The van der Waals surface area contributed by atoms with Gasteiger partial charge in [-0.1, -0.05) is 13.8 Å². The van der Waals surface area contributed by atoms with Crippen molar-refractivity contribution >= 4 is 0 Å². The highest BCUT2D eigenvalue weighted by atomic mass is 19.1. The quantitative estimate of drug-likeness (QED) is 0.445. The van der Waals surface area contributed by atoms with Crippen molar-refractivity contribution in [3.05, 3.63) is 90.0 Å². The average molecular weight is 460 g/mol. The van der Waals surface area contributed by atoms with Crippen LogP contribution in [0.15, 0.2) is 67.1 Å². The van der Waals surface area contributed by atoms with Crippen LogP contribution in [0.2, 0.25) is 0 Å². The molecule has 1 fully saturated rings. The van der Waals surface area contributed by atoms with Gasteiger partial charge in [0.15, 0.2) is 5.82 Å². The van der Waals surface area contributed by atoms with E-state index in [1.807, 2.05) is 24.3 Å². The van der Waals surface area contributed by atoms with Gasteiger partial charge in [0, 0.05) is 35.1 Å². The van der Waals surface area contributed by atoms with E-state index in [-0.39, 0.29) is 11.2 Å². The molecule has 8 heteroatoms. The molecule has 0 spiro atoms. The van der Waals surface area contributed by atoms with Crippen molar-refractivity contribution in [2.45, 2.75) is 26.2 Å². The first-order valence-electron chi connectivity index (χ1n) is 11.1. The molecule has 7 nitrogen and oxygen atoms in total. The molecule has 5 rings (SSSR count). The van der Waals surface area contributed by atoms with Crippen LogP contribution in [0, 0.1) is 11.2 Å². The molecule has 3 aromatic heterocycles. The fourth-order valence-electron chi connectivity index (χ4n) is 3.89. The number of aromatic nitrogens is 4. The monoisotopic (exact) mass is 459 g/mol. The van der Waals surface area contributed by atoms with Crippen molar-refractivity contribution < 1.29 is 13.9 Å². The summed E-state index contributed by atoms with van der Waals surface area (Å²) in [6.45, 7) is 5.29. The molecule has 4 heterocycles. The minimum Gasteiger partial charge on any atom is -0.345 e. The van der Waals surface area contributed by atoms with E-state index in [2.05, 4.69) is 28.8 Å². The maximum absolute atomic E-state index is 13.6. The van der Waals surface area contributed by atoms with Gasteiger partial charge in [-0.3, -0.25) is 9.97 Å². The van der Waals surface area contributed by atoms with Gasteiger partial charge in [0.1, 0.15) is 5.82 Å². The number of rotatable bonds is 5. The van der Waals surface area contributed by atoms with E-state index in [9.17, 15) is 4.39 Å². The lowest BCUT2D eigenvalue weighted by atomic mass is 9.96. The summed E-state index contributed by atoms with van der Waals surface area (Å²) < 4.78 is 25.5. The Morgan fingerprint density at radius 3 is 2.41 bits per heavy atom. The van der Waals surface area contributed by atoms with Crippen LogP contribution in [-0.4, -0.2) is 33.1 Å². The van der Waals surface area contributed by atoms with E-state index in [0.29, 0.717) is 30.4 Å². The van der Waals surface area contributed by atoms with Crippen LogP contribution in [-0.2, 0) is 9.47 Å². The second kappa shape index (κ2) is 9.06. The van der Waals surface area contributed by atoms with Gasteiger partial charge in [0.25, 0.3) is 0 Å². The maximum Gasteiger partial charge on any atom is 0.217 e. The Balaban J connectivity index is 1.55. The maximum atomic E-state index is 13.6. The summed E-state index contributed by atoms with van der Waals surface area (Å²) in [5.74, 6) is 0.252. The predicted octanol–water partition coefficient (Wildman–Crippen LogP) is 4.79. The number of aromatic amines is 1. The fraction of sp³-hybridized carbons (Fsp3) is 0.269. The van der Waals surface area contributed by atoms with Crippen LogP contribution in [0.25, 0.3) is 22.5 Å². The number of hydrogen-bond acceptors (Lipinski definition) is 6. The Labute approximate surface area is 197 Å². The minimum absolute atomic E-state index is 0.0607. The number of halogens is 1. The van der Waals surface area contributed by atoms with Crippen LogP contribution in [0.3, 0.4) is 0 Å². The molecule has 1 aromatic carbocycles. The smallest absolute Gasteiger partial charge is 0.217 e. The first kappa shape index (κ1) is 22.3. The zero-order valence-electron chi connectivity index (χ0n) is 19.0. The largest absolute Gasteiger partial charge is 0.345 e. The molecular formula is C26H26FN5O2. The summed E-state index contributed by atoms with van der Waals surface area (Å²) in [6, 6.07) is 13.4. The van der Waals surface area contributed by atoms with E-state index in [1.165, 1.54) is 12.1 Å². The van der Waals surface area contributed by atoms with E-state index in [4.69, 9.17) is 20.2 Å². The van der Waals surface area contributed by atoms with Crippen molar-refractivity contribution in [2.24, 2.45) is 11.1 Å². The second-order valence-electron chi connectivity index (χ2n) is 9.20. The third kappa shape index (κ3) is 4.61. The first-order valence-corrected chi connectivity index (χ1v) is 11.1. The minimum atomic E-state index is -0.610. The molecule has 1 atom stereocenters.